The zero-order chi connectivity index (χ0) is 16.5. The number of hydrogen-bond donors (Lipinski definition) is 1. The van der Waals surface area contributed by atoms with E-state index in [4.69, 9.17) is 4.42 Å². The second-order valence-corrected chi connectivity index (χ2v) is 6.71. The molecule has 24 heavy (non-hydrogen) atoms. The second kappa shape index (κ2) is 6.42. The van der Waals surface area contributed by atoms with Gasteiger partial charge in [-0.2, -0.15) is 0 Å². The van der Waals surface area contributed by atoms with Crippen LogP contribution in [0.25, 0.3) is 11.0 Å². The lowest BCUT2D eigenvalue weighted by Crippen LogP contribution is -2.35. The molecule has 1 unspecified atom stereocenters. The molecular formula is C19H23N3O2. The van der Waals surface area contributed by atoms with E-state index in [9.17, 15) is 5.11 Å². The summed E-state index contributed by atoms with van der Waals surface area (Å²) in [5.41, 5.74) is 0.951. The summed E-state index contributed by atoms with van der Waals surface area (Å²) in [7, 11) is 1.93. The molecule has 1 saturated heterocycles. The Hall–Kier alpha value is -2.11. The molecule has 0 radical (unpaired) electrons. The number of piperidine rings is 1. The molecule has 0 spiro atoms. The van der Waals surface area contributed by atoms with E-state index in [-0.39, 0.29) is 5.92 Å². The van der Waals surface area contributed by atoms with E-state index in [1.807, 2.05) is 36.0 Å². The number of fused-ring (bicyclic) bond motifs is 1. The Morgan fingerprint density at radius 2 is 2.08 bits per heavy atom. The van der Waals surface area contributed by atoms with Gasteiger partial charge in [0, 0.05) is 24.8 Å². The molecule has 3 heterocycles. The summed E-state index contributed by atoms with van der Waals surface area (Å²) in [6.45, 7) is 2.78. The average Bonchev–Trinajstić information content (AvgIpc) is 3.20. The van der Waals surface area contributed by atoms with Crippen LogP contribution in [-0.2, 0) is 13.6 Å². The van der Waals surface area contributed by atoms with E-state index >= 15 is 0 Å². The molecule has 3 aromatic rings. The number of aromatic nitrogens is 2. The largest absolute Gasteiger partial charge is 0.460 e. The van der Waals surface area contributed by atoms with Gasteiger partial charge in [0.25, 0.3) is 0 Å². The average molecular weight is 325 g/mol. The molecule has 1 aromatic carbocycles. The summed E-state index contributed by atoms with van der Waals surface area (Å²) in [5.74, 6) is 2.06. The molecule has 1 fully saturated rings. The van der Waals surface area contributed by atoms with Crippen LogP contribution in [0.1, 0.15) is 30.5 Å². The van der Waals surface area contributed by atoms with Crippen molar-refractivity contribution in [1.29, 1.82) is 0 Å². The van der Waals surface area contributed by atoms with Gasteiger partial charge < -0.3 is 14.1 Å². The van der Waals surface area contributed by atoms with Gasteiger partial charge in [0.15, 0.2) is 0 Å². The number of nitrogens with zero attached hydrogens (tertiary/aromatic N) is 3. The highest BCUT2D eigenvalue weighted by Gasteiger charge is 2.28. The Morgan fingerprint density at radius 1 is 1.29 bits per heavy atom. The number of aliphatic hydroxyl groups is 1. The molecule has 126 valence electrons. The molecule has 0 amide bonds. The van der Waals surface area contributed by atoms with Gasteiger partial charge in [0.2, 0.25) is 0 Å². The fraction of sp³-hybridized carbons (Fsp3) is 0.421. The second-order valence-electron chi connectivity index (χ2n) is 6.71. The number of furan rings is 1. The van der Waals surface area contributed by atoms with Crippen LogP contribution in [0, 0.1) is 5.92 Å². The highest BCUT2D eigenvalue weighted by molar-refractivity contribution is 5.77. The quantitative estimate of drug-likeness (QED) is 0.801. The Kier molecular flexibility index (Phi) is 4.12. The molecule has 5 heteroatoms. The topological polar surface area (TPSA) is 54.4 Å². The molecule has 0 saturated carbocycles. The first-order chi connectivity index (χ1) is 11.7. The lowest BCUT2D eigenvalue weighted by molar-refractivity contribution is 0.0477. The minimum atomic E-state index is -0.474. The van der Waals surface area contributed by atoms with E-state index in [1.165, 1.54) is 0 Å². The van der Waals surface area contributed by atoms with Gasteiger partial charge in [-0.25, -0.2) is 4.98 Å². The number of aliphatic hydroxyl groups excluding tert-OH is 1. The maximum Gasteiger partial charge on any atom is 0.137 e. The minimum absolute atomic E-state index is 0.276. The van der Waals surface area contributed by atoms with E-state index in [0.717, 1.165) is 55.0 Å². The number of aryl methyl sites for hydroxylation is 1. The van der Waals surface area contributed by atoms with Crippen LogP contribution in [0.15, 0.2) is 47.1 Å². The number of rotatable bonds is 4. The molecule has 0 bridgehead atoms. The molecule has 1 N–H and O–H groups in total. The maximum atomic E-state index is 10.6. The van der Waals surface area contributed by atoms with Crippen LogP contribution < -0.4 is 0 Å². The third-order valence-corrected chi connectivity index (χ3v) is 5.06. The van der Waals surface area contributed by atoms with Crippen molar-refractivity contribution >= 4 is 11.0 Å². The number of hydrogen-bond acceptors (Lipinski definition) is 4. The van der Waals surface area contributed by atoms with Crippen LogP contribution in [0.4, 0.5) is 0 Å². The Labute approximate surface area is 141 Å². The molecule has 1 atom stereocenters. The van der Waals surface area contributed by atoms with Crippen molar-refractivity contribution in [1.82, 2.24) is 14.5 Å². The predicted molar refractivity (Wildman–Crippen MR) is 92.4 cm³/mol. The molecule has 4 rings (SSSR count). The Morgan fingerprint density at radius 3 is 2.79 bits per heavy atom. The fourth-order valence-electron chi connectivity index (χ4n) is 3.63. The molecule has 2 aromatic heterocycles. The first kappa shape index (κ1) is 15.4. The normalized spacial score (nSPS) is 18.2. The van der Waals surface area contributed by atoms with E-state index in [0.29, 0.717) is 0 Å². The standard InChI is InChI=1S/C19H23N3O2/c1-21-11-8-20-19(21)18(23)14-6-9-22(10-7-14)13-16-12-15-4-2-3-5-17(15)24-16/h2-5,8,11-12,14,18,23H,6-7,9-10,13H2,1H3. The van der Waals surface area contributed by atoms with Gasteiger partial charge in [-0.15, -0.1) is 0 Å². The van der Waals surface area contributed by atoms with Gasteiger partial charge in [-0.3, -0.25) is 4.90 Å². The summed E-state index contributed by atoms with van der Waals surface area (Å²) >= 11 is 0. The minimum Gasteiger partial charge on any atom is -0.460 e. The number of imidazole rings is 1. The zero-order valence-corrected chi connectivity index (χ0v) is 13.9. The molecule has 1 aliphatic heterocycles. The molecule has 0 aliphatic carbocycles. The van der Waals surface area contributed by atoms with Gasteiger partial charge in [0.1, 0.15) is 23.3 Å². The summed E-state index contributed by atoms with van der Waals surface area (Å²) in [4.78, 5) is 6.69. The summed E-state index contributed by atoms with van der Waals surface area (Å²) in [6.07, 6.45) is 5.12. The molecule has 1 aliphatic rings. The lowest BCUT2D eigenvalue weighted by atomic mass is 9.90. The van der Waals surface area contributed by atoms with Crippen LogP contribution in [0.5, 0.6) is 0 Å². The first-order valence-electron chi connectivity index (χ1n) is 8.56. The van der Waals surface area contributed by atoms with Crippen LogP contribution in [-0.4, -0.2) is 32.6 Å². The van der Waals surface area contributed by atoms with Crippen molar-refractivity contribution in [2.75, 3.05) is 13.1 Å². The van der Waals surface area contributed by atoms with Crippen molar-refractivity contribution in [2.45, 2.75) is 25.5 Å². The van der Waals surface area contributed by atoms with Crippen LogP contribution in [0.2, 0.25) is 0 Å². The van der Waals surface area contributed by atoms with Crippen molar-refractivity contribution in [2.24, 2.45) is 13.0 Å². The number of likely N-dealkylation sites (tertiary alicyclic amines) is 1. The highest BCUT2D eigenvalue weighted by Crippen LogP contribution is 2.30. The summed E-state index contributed by atoms with van der Waals surface area (Å²) in [6, 6.07) is 10.3. The van der Waals surface area contributed by atoms with Gasteiger partial charge in [-0.1, -0.05) is 18.2 Å². The van der Waals surface area contributed by atoms with Crippen molar-refractivity contribution in [3.8, 4) is 0 Å². The van der Waals surface area contributed by atoms with Crippen LogP contribution in [0.3, 0.4) is 0 Å². The predicted octanol–water partition coefficient (Wildman–Crippen LogP) is 3.11. The van der Waals surface area contributed by atoms with Crippen molar-refractivity contribution in [3.63, 3.8) is 0 Å². The van der Waals surface area contributed by atoms with Gasteiger partial charge >= 0.3 is 0 Å². The highest BCUT2D eigenvalue weighted by atomic mass is 16.3. The third kappa shape index (κ3) is 2.97. The van der Waals surface area contributed by atoms with Gasteiger partial charge in [0.05, 0.1) is 6.54 Å². The van der Waals surface area contributed by atoms with Crippen molar-refractivity contribution < 1.29 is 9.52 Å². The third-order valence-electron chi connectivity index (χ3n) is 5.06. The Bertz CT molecular complexity index is 782. The van der Waals surface area contributed by atoms with E-state index < -0.39 is 6.10 Å². The fourth-order valence-corrected chi connectivity index (χ4v) is 3.63. The van der Waals surface area contributed by atoms with E-state index in [2.05, 4.69) is 22.0 Å². The lowest BCUT2D eigenvalue weighted by Gasteiger charge is -2.33. The zero-order valence-electron chi connectivity index (χ0n) is 13.9. The molecule has 5 nitrogen and oxygen atoms in total. The van der Waals surface area contributed by atoms with E-state index in [1.54, 1.807) is 6.20 Å². The van der Waals surface area contributed by atoms with Crippen molar-refractivity contribution in [3.05, 3.63) is 54.3 Å². The first-order valence-corrected chi connectivity index (χ1v) is 8.56. The monoisotopic (exact) mass is 325 g/mol. The SMILES string of the molecule is Cn1ccnc1C(O)C1CCN(Cc2cc3ccccc3o2)CC1. The number of para-hydroxylation sites is 1. The smallest absolute Gasteiger partial charge is 0.137 e. The van der Waals surface area contributed by atoms with Gasteiger partial charge in [-0.05, 0) is 44.0 Å². The number of benzene rings is 1. The van der Waals surface area contributed by atoms with Crippen LogP contribution >= 0.6 is 0 Å². The molecular weight excluding hydrogens is 302 g/mol. The summed E-state index contributed by atoms with van der Waals surface area (Å²) in [5, 5.41) is 11.7. The summed E-state index contributed by atoms with van der Waals surface area (Å²) < 4.78 is 7.82. The Balaban J connectivity index is 1.36. The maximum absolute atomic E-state index is 10.6.